The molecule has 0 aliphatic rings. The van der Waals surface area contributed by atoms with Crippen LogP contribution in [0.4, 0.5) is 5.82 Å². The molecule has 0 aliphatic carbocycles. The molecule has 2 aromatic heterocycles. The average Bonchev–Trinajstić information content (AvgIpc) is 2.92. The Balaban J connectivity index is 1.99. The maximum atomic E-state index is 11.9. The monoisotopic (exact) mass is 295 g/mol. The minimum atomic E-state index is -0.320. The molecule has 0 saturated heterocycles. The number of aryl methyl sites for hydroxylation is 1. The first-order chi connectivity index (χ1) is 9.63. The van der Waals surface area contributed by atoms with Crippen LogP contribution in [-0.2, 0) is 13.0 Å². The zero-order chi connectivity index (χ0) is 14.5. The molecule has 2 heterocycles. The van der Waals surface area contributed by atoms with Crippen LogP contribution in [0.1, 0.15) is 28.9 Å². The number of hydrogen-bond acceptors (Lipinski definition) is 6. The van der Waals surface area contributed by atoms with Crippen LogP contribution in [-0.4, -0.2) is 15.9 Å². The van der Waals surface area contributed by atoms with Crippen molar-refractivity contribution in [1.29, 1.82) is 0 Å². The second-order valence-corrected chi connectivity index (χ2v) is 4.36. The number of nitrogen functional groups attached to an aromatic ring is 1. The number of rotatable bonds is 5. The number of pyridine rings is 1. The number of amides is 1. The number of anilines is 1. The Hall–Kier alpha value is -2.12. The highest BCUT2D eigenvalue weighted by Gasteiger charge is 2.10. The molecule has 106 valence electrons. The summed E-state index contributed by atoms with van der Waals surface area (Å²) in [6.45, 7) is 2.16. The molecule has 0 radical (unpaired) electrons. The number of halogens is 1. The second-order valence-electron chi connectivity index (χ2n) is 3.96. The Morgan fingerprint density at radius 3 is 2.85 bits per heavy atom. The quantitative estimate of drug-likeness (QED) is 0.570. The van der Waals surface area contributed by atoms with E-state index in [1.165, 1.54) is 12.3 Å². The summed E-state index contributed by atoms with van der Waals surface area (Å²) in [4.78, 5) is 19.9. The van der Waals surface area contributed by atoms with Crippen LogP contribution in [0.25, 0.3) is 0 Å². The fraction of sp³-hybridized carbons (Fsp3) is 0.250. The fourth-order valence-corrected chi connectivity index (χ4v) is 1.74. The maximum Gasteiger partial charge on any atom is 0.253 e. The molecule has 0 saturated carbocycles. The first-order valence-corrected chi connectivity index (χ1v) is 6.35. The van der Waals surface area contributed by atoms with E-state index in [-0.39, 0.29) is 17.5 Å². The molecular formula is C12H14ClN5O2. The van der Waals surface area contributed by atoms with Crippen molar-refractivity contribution in [2.45, 2.75) is 19.9 Å². The third kappa shape index (κ3) is 3.25. The maximum absolute atomic E-state index is 11.9. The van der Waals surface area contributed by atoms with Gasteiger partial charge in [0.25, 0.3) is 5.91 Å². The summed E-state index contributed by atoms with van der Waals surface area (Å²) in [6, 6.07) is 1.48. The van der Waals surface area contributed by atoms with Gasteiger partial charge < -0.3 is 15.2 Å². The molecule has 2 rings (SSSR count). The molecule has 7 nitrogen and oxygen atoms in total. The lowest BCUT2D eigenvalue weighted by atomic mass is 10.2. The van der Waals surface area contributed by atoms with E-state index in [0.29, 0.717) is 17.3 Å². The number of hydrazine groups is 1. The first-order valence-electron chi connectivity index (χ1n) is 5.98. The van der Waals surface area contributed by atoms with Gasteiger partial charge in [0.1, 0.15) is 5.76 Å². The van der Waals surface area contributed by atoms with Gasteiger partial charge in [-0.2, -0.15) is 0 Å². The van der Waals surface area contributed by atoms with E-state index < -0.39 is 0 Å². The average molecular weight is 296 g/mol. The van der Waals surface area contributed by atoms with Crippen LogP contribution < -0.4 is 16.6 Å². The number of carbonyl (C=O) groups excluding carboxylic acids is 1. The van der Waals surface area contributed by atoms with Gasteiger partial charge in [0.15, 0.2) is 5.82 Å². The van der Waals surface area contributed by atoms with Crippen LogP contribution in [0.15, 0.2) is 22.9 Å². The topological polar surface area (TPSA) is 106 Å². The van der Waals surface area contributed by atoms with E-state index in [1.54, 1.807) is 6.20 Å². The summed E-state index contributed by atoms with van der Waals surface area (Å²) in [5.41, 5.74) is 2.66. The molecule has 0 atom stereocenters. The highest BCUT2D eigenvalue weighted by Crippen LogP contribution is 2.18. The number of nitrogens with zero attached hydrogens (tertiary/aromatic N) is 2. The summed E-state index contributed by atoms with van der Waals surface area (Å²) in [7, 11) is 0. The van der Waals surface area contributed by atoms with Gasteiger partial charge in [-0.25, -0.2) is 15.8 Å². The highest BCUT2D eigenvalue weighted by molar-refractivity contribution is 6.33. The van der Waals surface area contributed by atoms with Crippen molar-refractivity contribution >= 4 is 23.3 Å². The number of carbonyl (C=O) groups is 1. The number of hydrogen-bond donors (Lipinski definition) is 3. The molecule has 0 bridgehead atoms. The van der Waals surface area contributed by atoms with E-state index in [9.17, 15) is 4.79 Å². The van der Waals surface area contributed by atoms with Gasteiger partial charge in [0, 0.05) is 12.6 Å². The number of oxazole rings is 1. The van der Waals surface area contributed by atoms with Crippen LogP contribution in [0.3, 0.4) is 0 Å². The molecule has 4 N–H and O–H groups in total. The number of nitrogens with two attached hydrogens (primary N) is 1. The molecule has 0 aliphatic heterocycles. The van der Waals surface area contributed by atoms with Gasteiger partial charge in [-0.15, -0.1) is 0 Å². The van der Waals surface area contributed by atoms with Crippen molar-refractivity contribution in [3.05, 3.63) is 40.7 Å². The van der Waals surface area contributed by atoms with Crippen LogP contribution >= 0.6 is 11.6 Å². The van der Waals surface area contributed by atoms with E-state index in [0.717, 1.165) is 12.2 Å². The molecule has 0 unspecified atom stereocenters. The Morgan fingerprint density at radius 2 is 2.25 bits per heavy atom. The Labute approximate surface area is 120 Å². The minimum Gasteiger partial charge on any atom is -0.444 e. The summed E-state index contributed by atoms with van der Waals surface area (Å²) in [6.07, 6.45) is 3.78. The smallest absolute Gasteiger partial charge is 0.253 e. The van der Waals surface area contributed by atoms with Crippen LogP contribution in [0, 0.1) is 0 Å². The Bertz CT molecular complexity index is 614. The lowest BCUT2D eigenvalue weighted by Crippen LogP contribution is -2.23. The van der Waals surface area contributed by atoms with Crippen molar-refractivity contribution < 1.29 is 9.21 Å². The predicted octanol–water partition coefficient (Wildman–Crippen LogP) is 1.50. The van der Waals surface area contributed by atoms with Crippen molar-refractivity contribution in [1.82, 2.24) is 15.3 Å². The van der Waals surface area contributed by atoms with E-state index >= 15 is 0 Å². The van der Waals surface area contributed by atoms with E-state index in [4.69, 9.17) is 21.9 Å². The van der Waals surface area contributed by atoms with Gasteiger partial charge in [-0.1, -0.05) is 18.5 Å². The van der Waals surface area contributed by atoms with Crippen molar-refractivity contribution in [3.63, 3.8) is 0 Å². The van der Waals surface area contributed by atoms with Gasteiger partial charge in [0.2, 0.25) is 5.89 Å². The predicted molar refractivity (Wildman–Crippen MR) is 74.1 cm³/mol. The highest BCUT2D eigenvalue weighted by atomic mass is 35.5. The third-order valence-corrected chi connectivity index (χ3v) is 2.88. The lowest BCUT2D eigenvalue weighted by molar-refractivity contribution is 0.0946. The minimum absolute atomic E-state index is 0.202. The molecule has 0 aromatic carbocycles. The standard InChI is InChI=1S/C12H14ClN5O2/c1-2-8-5-15-10(20-8)6-17-12(19)7-3-9(13)11(18-14)16-4-7/h3-5H,2,6,14H2,1H3,(H,16,18)(H,17,19). The molecule has 2 aromatic rings. The van der Waals surface area contributed by atoms with Crippen molar-refractivity contribution in [2.75, 3.05) is 5.43 Å². The van der Waals surface area contributed by atoms with E-state index in [2.05, 4.69) is 20.7 Å². The van der Waals surface area contributed by atoms with Gasteiger partial charge in [0.05, 0.1) is 23.3 Å². The zero-order valence-corrected chi connectivity index (χ0v) is 11.6. The summed E-state index contributed by atoms with van der Waals surface area (Å²) >= 11 is 5.90. The van der Waals surface area contributed by atoms with Gasteiger partial charge in [-0.05, 0) is 6.07 Å². The summed E-state index contributed by atoms with van der Waals surface area (Å²) < 4.78 is 5.39. The molecule has 8 heteroatoms. The Kier molecular flexibility index (Phi) is 4.54. The number of aromatic nitrogens is 2. The molecule has 0 spiro atoms. The number of nitrogens with one attached hydrogen (secondary N) is 2. The molecule has 20 heavy (non-hydrogen) atoms. The van der Waals surface area contributed by atoms with Crippen LogP contribution in [0.2, 0.25) is 5.02 Å². The molecule has 1 amide bonds. The summed E-state index contributed by atoms with van der Waals surface area (Å²) in [5, 5.41) is 2.94. The fourth-order valence-electron chi connectivity index (χ4n) is 1.52. The second kappa shape index (κ2) is 6.36. The van der Waals surface area contributed by atoms with Gasteiger partial charge in [-0.3, -0.25) is 4.79 Å². The molecule has 0 fully saturated rings. The first kappa shape index (κ1) is 14.3. The van der Waals surface area contributed by atoms with Crippen molar-refractivity contribution in [3.8, 4) is 0 Å². The van der Waals surface area contributed by atoms with Crippen molar-refractivity contribution in [2.24, 2.45) is 5.84 Å². The summed E-state index contributed by atoms with van der Waals surface area (Å²) in [5.74, 6) is 6.43. The lowest BCUT2D eigenvalue weighted by Gasteiger charge is -2.05. The Morgan fingerprint density at radius 1 is 1.45 bits per heavy atom. The largest absolute Gasteiger partial charge is 0.444 e. The van der Waals surface area contributed by atoms with Gasteiger partial charge >= 0.3 is 0 Å². The SMILES string of the molecule is CCc1cnc(CNC(=O)c2cnc(NN)c(Cl)c2)o1. The normalized spacial score (nSPS) is 10.3. The van der Waals surface area contributed by atoms with E-state index in [1.807, 2.05) is 6.92 Å². The third-order valence-electron chi connectivity index (χ3n) is 2.59. The molecular weight excluding hydrogens is 282 g/mol. The van der Waals surface area contributed by atoms with Crippen LogP contribution in [0.5, 0.6) is 0 Å². The zero-order valence-electron chi connectivity index (χ0n) is 10.8.